The summed E-state index contributed by atoms with van der Waals surface area (Å²) in [4.78, 5) is 23.8. The molecule has 20 heavy (non-hydrogen) atoms. The normalized spacial score (nSPS) is 11.2. The maximum Gasteiger partial charge on any atom is 0.227 e. The van der Waals surface area contributed by atoms with Gasteiger partial charge in [-0.15, -0.1) is 0 Å². The number of rotatable bonds is 11. The van der Waals surface area contributed by atoms with E-state index in [9.17, 15) is 9.59 Å². The second-order valence-electron chi connectivity index (χ2n) is 5.34. The minimum atomic E-state index is -0.469. The van der Waals surface area contributed by atoms with E-state index in [2.05, 4.69) is 24.5 Å². The van der Waals surface area contributed by atoms with Crippen molar-refractivity contribution >= 4 is 11.8 Å². The van der Waals surface area contributed by atoms with Crippen LogP contribution in [-0.4, -0.2) is 31.4 Å². The lowest BCUT2D eigenvalue weighted by atomic mass is 9.78. The van der Waals surface area contributed by atoms with Gasteiger partial charge in [-0.3, -0.25) is 9.59 Å². The van der Waals surface area contributed by atoms with E-state index in [1.54, 1.807) is 0 Å². The van der Waals surface area contributed by atoms with Crippen LogP contribution in [-0.2, 0) is 9.59 Å². The minimum absolute atomic E-state index is 0.00742. The van der Waals surface area contributed by atoms with Gasteiger partial charge in [-0.05, 0) is 19.3 Å². The molecule has 0 bridgehead atoms. The molecular weight excluding hydrogens is 254 g/mol. The molecule has 0 atom stereocenters. The SMILES string of the molecule is CCCNC(=O)CCNC(=O)C(CN)(CCC)CCC. The molecule has 0 saturated carbocycles. The van der Waals surface area contributed by atoms with Crippen LogP contribution in [0.25, 0.3) is 0 Å². The Bertz CT molecular complexity index is 287. The third-order valence-electron chi connectivity index (χ3n) is 3.54. The number of amides is 2. The average molecular weight is 285 g/mol. The summed E-state index contributed by atoms with van der Waals surface area (Å²) in [5, 5.41) is 5.67. The molecule has 0 aromatic rings. The predicted molar refractivity (Wildman–Crippen MR) is 82.2 cm³/mol. The van der Waals surface area contributed by atoms with E-state index in [0.717, 1.165) is 32.1 Å². The van der Waals surface area contributed by atoms with E-state index in [-0.39, 0.29) is 11.8 Å². The zero-order chi connectivity index (χ0) is 15.4. The molecule has 0 unspecified atom stereocenters. The molecular formula is C15H31N3O2. The van der Waals surface area contributed by atoms with Crippen LogP contribution in [0.5, 0.6) is 0 Å². The fraction of sp³-hybridized carbons (Fsp3) is 0.867. The third-order valence-corrected chi connectivity index (χ3v) is 3.54. The summed E-state index contributed by atoms with van der Waals surface area (Å²) in [5.74, 6) is -0.0246. The van der Waals surface area contributed by atoms with Gasteiger partial charge in [-0.2, -0.15) is 0 Å². The average Bonchev–Trinajstić information content (AvgIpc) is 2.44. The van der Waals surface area contributed by atoms with Crippen molar-refractivity contribution in [3.63, 3.8) is 0 Å². The molecule has 0 aliphatic carbocycles. The van der Waals surface area contributed by atoms with Crippen LogP contribution in [0.1, 0.15) is 59.3 Å². The fourth-order valence-electron chi connectivity index (χ4n) is 2.44. The summed E-state index contributed by atoms with van der Waals surface area (Å²) >= 11 is 0. The van der Waals surface area contributed by atoms with E-state index in [4.69, 9.17) is 5.73 Å². The molecule has 0 aliphatic heterocycles. The summed E-state index contributed by atoms with van der Waals surface area (Å²) in [6, 6.07) is 0. The number of nitrogens with two attached hydrogens (primary N) is 1. The highest BCUT2D eigenvalue weighted by molar-refractivity contribution is 5.83. The zero-order valence-electron chi connectivity index (χ0n) is 13.3. The van der Waals surface area contributed by atoms with Gasteiger partial charge in [0.15, 0.2) is 0 Å². The van der Waals surface area contributed by atoms with Crippen LogP contribution in [0.2, 0.25) is 0 Å². The van der Waals surface area contributed by atoms with E-state index in [1.807, 2.05) is 6.92 Å². The number of carbonyl (C=O) groups excluding carboxylic acids is 2. The highest BCUT2D eigenvalue weighted by Gasteiger charge is 2.34. The van der Waals surface area contributed by atoms with Crippen molar-refractivity contribution in [1.29, 1.82) is 0 Å². The Kier molecular flexibility index (Phi) is 10.1. The molecule has 0 aromatic carbocycles. The van der Waals surface area contributed by atoms with Gasteiger partial charge in [-0.25, -0.2) is 0 Å². The van der Waals surface area contributed by atoms with Crippen molar-refractivity contribution in [3.05, 3.63) is 0 Å². The van der Waals surface area contributed by atoms with Gasteiger partial charge in [0.05, 0.1) is 5.41 Å². The van der Waals surface area contributed by atoms with Gasteiger partial charge in [0.25, 0.3) is 0 Å². The molecule has 2 amide bonds. The molecule has 0 heterocycles. The quantitative estimate of drug-likeness (QED) is 0.538. The maximum atomic E-state index is 12.3. The first kappa shape index (κ1) is 18.9. The molecule has 0 rings (SSSR count). The Balaban J connectivity index is 4.29. The smallest absolute Gasteiger partial charge is 0.227 e. The van der Waals surface area contributed by atoms with Crippen LogP contribution < -0.4 is 16.4 Å². The second-order valence-corrected chi connectivity index (χ2v) is 5.34. The molecule has 0 spiro atoms. The standard InChI is InChI=1S/C15H31N3O2/c1-4-8-15(12-16,9-5-2)14(20)18-11-7-13(19)17-10-6-3/h4-12,16H2,1-3H3,(H,17,19)(H,18,20). The van der Waals surface area contributed by atoms with Gasteiger partial charge >= 0.3 is 0 Å². The lowest BCUT2D eigenvalue weighted by Gasteiger charge is -2.30. The largest absolute Gasteiger partial charge is 0.356 e. The Morgan fingerprint density at radius 3 is 2.00 bits per heavy atom. The first-order valence-electron chi connectivity index (χ1n) is 7.81. The van der Waals surface area contributed by atoms with Gasteiger partial charge in [0, 0.05) is 26.1 Å². The molecule has 0 aromatic heterocycles. The van der Waals surface area contributed by atoms with Crippen LogP contribution in [0, 0.1) is 5.41 Å². The van der Waals surface area contributed by atoms with Crippen LogP contribution >= 0.6 is 0 Å². The maximum absolute atomic E-state index is 12.3. The molecule has 0 saturated heterocycles. The fourth-order valence-corrected chi connectivity index (χ4v) is 2.44. The molecule has 4 N–H and O–H groups in total. The Labute approximate surface area is 123 Å². The van der Waals surface area contributed by atoms with Gasteiger partial charge in [0.2, 0.25) is 11.8 Å². The van der Waals surface area contributed by atoms with Crippen molar-refractivity contribution < 1.29 is 9.59 Å². The number of hydrogen-bond acceptors (Lipinski definition) is 3. The third kappa shape index (κ3) is 6.37. The van der Waals surface area contributed by atoms with E-state index in [0.29, 0.717) is 26.1 Å². The van der Waals surface area contributed by atoms with Crippen LogP contribution in [0.3, 0.4) is 0 Å². The van der Waals surface area contributed by atoms with Crippen molar-refractivity contribution in [2.24, 2.45) is 11.1 Å². The van der Waals surface area contributed by atoms with Gasteiger partial charge < -0.3 is 16.4 Å². The molecule has 5 nitrogen and oxygen atoms in total. The summed E-state index contributed by atoms with van der Waals surface area (Å²) in [6.07, 6.45) is 4.70. The summed E-state index contributed by atoms with van der Waals surface area (Å²) in [5.41, 5.74) is 5.37. The van der Waals surface area contributed by atoms with Crippen molar-refractivity contribution in [1.82, 2.24) is 10.6 Å². The Morgan fingerprint density at radius 1 is 0.950 bits per heavy atom. The van der Waals surface area contributed by atoms with Crippen LogP contribution in [0.4, 0.5) is 0 Å². The molecule has 0 aliphatic rings. The second kappa shape index (κ2) is 10.7. The van der Waals surface area contributed by atoms with Crippen molar-refractivity contribution in [2.75, 3.05) is 19.6 Å². The summed E-state index contributed by atoms with van der Waals surface area (Å²) < 4.78 is 0. The van der Waals surface area contributed by atoms with Crippen molar-refractivity contribution in [2.45, 2.75) is 59.3 Å². The molecule has 0 fully saturated rings. The molecule has 5 heteroatoms. The molecule has 0 radical (unpaired) electrons. The minimum Gasteiger partial charge on any atom is -0.356 e. The number of carbonyl (C=O) groups is 2. The first-order valence-corrected chi connectivity index (χ1v) is 7.81. The highest BCUT2D eigenvalue weighted by atomic mass is 16.2. The predicted octanol–water partition coefficient (Wildman–Crippen LogP) is 1.56. The van der Waals surface area contributed by atoms with E-state index >= 15 is 0 Å². The molecule has 118 valence electrons. The summed E-state index contributed by atoms with van der Waals surface area (Å²) in [7, 11) is 0. The van der Waals surface area contributed by atoms with Gasteiger partial charge in [0.1, 0.15) is 0 Å². The number of nitrogens with one attached hydrogen (secondary N) is 2. The Morgan fingerprint density at radius 2 is 1.55 bits per heavy atom. The lowest BCUT2D eigenvalue weighted by molar-refractivity contribution is -0.131. The number of hydrogen-bond donors (Lipinski definition) is 3. The highest BCUT2D eigenvalue weighted by Crippen LogP contribution is 2.28. The summed E-state index contributed by atoms with van der Waals surface area (Å²) in [6.45, 7) is 7.56. The Hall–Kier alpha value is -1.10. The van der Waals surface area contributed by atoms with Gasteiger partial charge in [-0.1, -0.05) is 33.6 Å². The van der Waals surface area contributed by atoms with E-state index in [1.165, 1.54) is 0 Å². The van der Waals surface area contributed by atoms with E-state index < -0.39 is 5.41 Å². The first-order chi connectivity index (χ1) is 9.56. The topological polar surface area (TPSA) is 84.2 Å². The van der Waals surface area contributed by atoms with Crippen LogP contribution in [0.15, 0.2) is 0 Å². The van der Waals surface area contributed by atoms with Crippen molar-refractivity contribution in [3.8, 4) is 0 Å². The lowest BCUT2D eigenvalue weighted by Crippen LogP contribution is -2.46. The zero-order valence-corrected chi connectivity index (χ0v) is 13.3. The monoisotopic (exact) mass is 285 g/mol.